The summed E-state index contributed by atoms with van der Waals surface area (Å²) in [5, 5.41) is 13.8. The van der Waals surface area contributed by atoms with Crippen LogP contribution in [0.3, 0.4) is 0 Å². The fraction of sp³-hybridized carbons (Fsp3) is 0.471. The Balaban J connectivity index is 1.61. The zero-order valence-electron chi connectivity index (χ0n) is 14.4. The third kappa shape index (κ3) is 4.21. The Labute approximate surface area is 155 Å². The lowest BCUT2D eigenvalue weighted by atomic mass is 10.1. The van der Waals surface area contributed by atoms with E-state index < -0.39 is 16.1 Å². The van der Waals surface area contributed by atoms with Gasteiger partial charge in [0.15, 0.2) is 5.17 Å². The Morgan fingerprint density at radius 3 is 2.81 bits per heavy atom. The van der Waals surface area contributed by atoms with Gasteiger partial charge in [-0.2, -0.15) is 4.99 Å². The number of likely N-dealkylation sites (tertiary alicyclic amines) is 1. The van der Waals surface area contributed by atoms with E-state index in [1.54, 1.807) is 13.0 Å². The smallest absolute Gasteiger partial charge is 0.293 e. The molecule has 8 nitrogen and oxygen atoms in total. The van der Waals surface area contributed by atoms with E-state index in [-0.39, 0.29) is 23.7 Å². The van der Waals surface area contributed by atoms with Gasteiger partial charge in [-0.1, -0.05) is 17.8 Å². The van der Waals surface area contributed by atoms with Gasteiger partial charge in [0, 0.05) is 25.6 Å². The number of piperidine rings is 1. The summed E-state index contributed by atoms with van der Waals surface area (Å²) in [5.74, 6) is -0.748. The van der Waals surface area contributed by atoms with Crippen LogP contribution in [-0.2, 0) is 9.59 Å². The van der Waals surface area contributed by atoms with Crippen molar-refractivity contribution in [3.63, 3.8) is 0 Å². The molecule has 0 saturated carbocycles. The van der Waals surface area contributed by atoms with Crippen molar-refractivity contribution in [2.45, 2.75) is 37.9 Å². The number of aryl methyl sites for hydroxylation is 1. The van der Waals surface area contributed by atoms with Crippen molar-refractivity contribution in [2.24, 2.45) is 4.99 Å². The van der Waals surface area contributed by atoms with Crippen molar-refractivity contribution in [2.75, 3.05) is 18.4 Å². The van der Waals surface area contributed by atoms with E-state index in [0.717, 1.165) is 31.5 Å². The third-order valence-electron chi connectivity index (χ3n) is 4.35. The molecule has 1 atom stereocenters. The Morgan fingerprint density at radius 1 is 1.38 bits per heavy atom. The van der Waals surface area contributed by atoms with Crippen molar-refractivity contribution in [1.29, 1.82) is 0 Å². The molecule has 0 aromatic heterocycles. The monoisotopic (exact) mass is 376 g/mol. The van der Waals surface area contributed by atoms with Crippen LogP contribution in [0, 0.1) is 17.0 Å². The number of nitro benzene ring substituents is 1. The number of benzene rings is 1. The van der Waals surface area contributed by atoms with Crippen molar-refractivity contribution in [3.8, 4) is 0 Å². The second kappa shape index (κ2) is 7.86. The topological polar surface area (TPSA) is 105 Å². The molecule has 1 aromatic rings. The maximum Gasteiger partial charge on any atom is 0.293 e. The number of hydrogen-bond acceptors (Lipinski definition) is 6. The lowest BCUT2D eigenvalue weighted by Crippen LogP contribution is -2.33. The predicted molar refractivity (Wildman–Crippen MR) is 100 cm³/mol. The van der Waals surface area contributed by atoms with Crippen molar-refractivity contribution < 1.29 is 14.5 Å². The highest BCUT2D eigenvalue weighted by atomic mass is 32.2. The number of hydrogen-bond donors (Lipinski definition) is 1. The SMILES string of the molecule is Cc1ccc(NC(=O)CC2SC(N3CCCCC3)=NC2=O)c([N+](=O)[O-])c1. The number of rotatable bonds is 4. The van der Waals surface area contributed by atoms with Crippen molar-refractivity contribution >= 4 is 40.1 Å². The summed E-state index contributed by atoms with van der Waals surface area (Å²) in [6.07, 6.45) is 3.28. The van der Waals surface area contributed by atoms with Gasteiger partial charge in [0.05, 0.1) is 4.92 Å². The van der Waals surface area contributed by atoms with E-state index in [1.807, 2.05) is 0 Å². The molecule has 26 heavy (non-hydrogen) atoms. The van der Waals surface area contributed by atoms with Crippen LogP contribution in [0.1, 0.15) is 31.2 Å². The molecule has 0 bridgehead atoms. The largest absolute Gasteiger partial charge is 0.351 e. The number of carbonyl (C=O) groups is 2. The van der Waals surface area contributed by atoms with Gasteiger partial charge in [-0.3, -0.25) is 19.7 Å². The van der Waals surface area contributed by atoms with Crippen LogP contribution in [0.15, 0.2) is 23.2 Å². The minimum Gasteiger partial charge on any atom is -0.351 e. The number of nitro groups is 1. The van der Waals surface area contributed by atoms with Crippen LogP contribution in [0.25, 0.3) is 0 Å². The first-order valence-corrected chi connectivity index (χ1v) is 9.41. The van der Waals surface area contributed by atoms with E-state index in [2.05, 4.69) is 15.2 Å². The average Bonchev–Trinajstić information content (AvgIpc) is 2.97. The number of aliphatic imine (C=N–C) groups is 1. The van der Waals surface area contributed by atoms with Crippen LogP contribution >= 0.6 is 11.8 Å². The molecule has 2 aliphatic heterocycles. The van der Waals surface area contributed by atoms with Gasteiger partial charge >= 0.3 is 0 Å². The minimum absolute atomic E-state index is 0.0601. The molecule has 1 unspecified atom stereocenters. The van der Waals surface area contributed by atoms with Gasteiger partial charge in [-0.25, -0.2) is 0 Å². The molecule has 0 radical (unpaired) electrons. The number of nitrogens with zero attached hydrogens (tertiary/aromatic N) is 3. The van der Waals surface area contributed by atoms with Crippen molar-refractivity contribution in [3.05, 3.63) is 33.9 Å². The molecule has 0 spiro atoms. The molecule has 9 heteroatoms. The molecule has 1 aromatic carbocycles. The highest BCUT2D eigenvalue weighted by Crippen LogP contribution is 2.30. The van der Waals surface area contributed by atoms with Gasteiger partial charge in [0.25, 0.3) is 11.6 Å². The summed E-state index contributed by atoms with van der Waals surface area (Å²) in [6.45, 7) is 3.51. The maximum absolute atomic E-state index is 12.3. The summed E-state index contributed by atoms with van der Waals surface area (Å²) in [6, 6.07) is 4.60. The third-order valence-corrected chi connectivity index (χ3v) is 5.56. The Morgan fingerprint density at radius 2 is 2.12 bits per heavy atom. The van der Waals surface area contributed by atoms with Crippen molar-refractivity contribution in [1.82, 2.24) is 4.90 Å². The molecule has 1 N–H and O–H groups in total. The lowest BCUT2D eigenvalue weighted by molar-refractivity contribution is -0.384. The van der Waals surface area contributed by atoms with Crippen LogP contribution in [0.5, 0.6) is 0 Å². The Kier molecular flexibility index (Phi) is 5.55. The summed E-state index contributed by atoms with van der Waals surface area (Å²) in [7, 11) is 0. The molecular weight excluding hydrogens is 356 g/mol. The number of nitrogens with one attached hydrogen (secondary N) is 1. The van der Waals surface area contributed by atoms with Crippen LogP contribution < -0.4 is 5.32 Å². The molecule has 1 saturated heterocycles. The number of anilines is 1. The summed E-state index contributed by atoms with van der Waals surface area (Å²) in [4.78, 5) is 41.2. The average molecular weight is 376 g/mol. The first kappa shape index (κ1) is 18.4. The van der Waals surface area contributed by atoms with Gasteiger partial charge in [0.1, 0.15) is 10.9 Å². The summed E-state index contributed by atoms with van der Waals surface area (Å²) in [5.41, 5.74) is 0.711. The minimum atomic E-state index is -0.573. The molecule has 3 rings (SSSR count). The first-order chi connectivity index (χ1) is 12.4. The molecular formula is C17H20N4O4S. The van der Waals surface area contributed by atoms with Crippen LogP contribution in [0.2, 0.25) is 0 Å². The van der Waals surface area contributed by atoms with Crippen LogP contribution in [0.4, 0.5) is 11.4 Å². The zero-order chi connectivity index (χ0) is 18.7. The number of carbonyl (C=O) groups excluding carboxylic acids is 2. The Hall–Kier alpha value is -2.42. The lowest BCUT2D eigenvalue weighted by Gasteiger charge is -2.27. The maximum atomic E-state index is 12.3. The predicted octanol–water partition coefficient (Wildman–Crippen LogP) is 2.72. The van der Waals surface area contributed by atoms with Gasteiger partial charge in [-0.15, -0.1) is 0 Å². The van der Waals surface area contributed by atoms with Gasteiger partial charge in [-0.05, 0) is 37.8 Å². The van der Waals surface area contributed by atoms with Gasteiger partial charge < -0.3 is 10.2 Å². The summed E-state index contributed by atoms with van der Waals surface area (Å²) < 4.78 is 0. The molecule has 1 fully saturated rings. The summed E-state index contributed by atoms with van der Waals surface area (Å²) >= 11 is 1.31. The van der Waals surface area contributed by atoms with E-state index in [1.165, 1.54) is 30.3 Å². The second-order valence-electron chi connectivity index (χ2n) is 6.42. The van der Waals surface area contributed by atoms with E-state index in [0.29, 0.717) is 5.17 Å². The van der Waals surface area contributed by atoms with Crippen LogP contribution in [-0.4, -0.2) is 45.1 Å². The van der Waals surface area contributed by atoms with E-state index >= 15 is 0 Å². The van der Waals surface area contributed by atoms with E-state index in [4.69, 9.17) is 0 Å². The molecule has 2 aliphatic rings. The first-order valence-electron chi connectivity index (χ1n) is 8.53. The molecule has 0 aliphatic carbocycles. The standard InChI is InChI=1S/C17H20N4O4S/c1-11-5-6-12(13(9-11)21(24)25)18-15(22)10-14-16(23)19-17(26-14)20-7-3-2-4-8-20/h5-6,9,14H,2-4,7-8,10H2,1H3,(H,18,22). The fourth-order valence-corrected chi connectivity index (χ4v) is 4.11. The number of amidine groups is 1. The Bertz CT molecular complexity index is 774. The zero-order valence-corrected chi connectivity index (χ0v) is 15.3. The second-order valence-corrected chi connectivity index (χ2v) is 7.59. The fourth-order valence-electron chi connectivity index (χ4n) is 3.00. The normalized spacial score (nSPS) is 20.0. The number of thioether (sulfide) groups is 1. The molecule has 2 heterocycles. The van der Waals surface area contributed by atoms with Gasteiger partial charge in [0.2, 0.25) is 5.91 Å². The highest BCUT2D eigenvalue weighted by Gasteiger charge is 2.33. The van der Waals surface area contributed by atoms with E-state index in [9.17, 15) is 19.7 Å². The number of amides is 2. The quantitative estimate of drug-likeness (QED) is 0.640. The molecule has 2 amide bonds. The molecule has 138 valence electrons. The highest BCUT2D eigenvalue weighted by molar-refractivity contribution is 8.15.